The van der Waals surface area contributed by atoms with Crippen molar-refractivity contribution in [3.8, 4) is 0 Å². The monoisotopic (exact) mass is 511 g/mol. The summed E-state index contributed by atoms with van der Waals surface area (Å²) in [5.41, 5.74) is 6.22. The Hall–Kier alpha value is -3.18. The maximum absolute atomic E-state index is 12.9. The third kappa shape index (κ3) is 4.38. The molecule has 2 atom stereocenters. The number of oxime groups is 1. The summed E-state index contributed by atoms with van der Waals surface area (Å²) in [6.07, 6.45) is 0. The van der Waals surface area contributed by atoms with E-state index in [2.05, 4.69) is 30.4 Å². The SMILES string of the molecule is CO/N=C(\C(=O)N[C@@H]1C(=O)N2C(C(=O)O)=C(CSc3nnnn3C)CS[C@H]12)c1cc(N)sn1. The van der Waals surface area contributed by atoms with Gasteiger partial charge < -0.3 is 21.0 Å². The number of aliphatic carboxylic acids is 1. The molecule has 0 saturated carbocycles. The number of carboxylic acid groups (broad SMARTS) is 1. The van der Waals surface area contributed by atoms with Gasteiger partial charge in [-0.1, -0.05) is 16.9 Å². The van der Waals surface area contributed by atoms with Crippen LogP contribution in [0.15, 0.2) is 27.6 Å². The van der Waals surface area contributed by atoms with Gasteiger partial charge in [-0.05, 0) is 27.5 Å². The molecular weight excluding hydrogens is 494 g/mol. The highest BCUT2D eigenvalue weighted by molar-refractivity contribution is 8.01. The fourth-order valence-electron chi connectivity index (χ4n) is 3.20. The molecule has 2 aliphatic rings. The number of hydrogen-bond donors (Lipinski definition) is 3. The molecule has 0 bridgehead atoms. The minimum Gasteiger partial charge on any atom is -0.477 e. The molecule has 17 heteroatoms. The van der Waals surface area contributed by atoms with Gasteiger partial charge in [0.2, 0.25) is 5.16 Å². The predicted molar refractivity (Wildman–Crippen MR) is 119 cm³/mol. The predicted octanol–water partition coefficient (Wildman–Crippen LogP) is -0.870. The Morgan fingerprint density at radius 3 is 2.88 bits per heavy atom. The molecule has 0 spiro atoms. The van der Waals surface area contributed by atoms with Gasteiger partial charge in [0.05, 0.1) is 0 Å². The summed E-state index contributed by atoms with van der Waals surface area (Å²) >= 11 is 3.61. The minimum atomic E-state index is -1.22. The molecule has 174 valence electrons. The van der Waals surface area contributed by atoms with Crippen LogP contribution in [-0.4, -0.2) is 88.1 Å². The van der Waals surface area contributed by atoms with E-state index in [1.807, 2.05) is 0 Å². The highest BCUT2D eigenvalue weighted by atomic mass is 32.2. The van der Waals surface area contributed by atoms with Crippen molar-refractivity contribution in [2.24, 2.45) is 12.2 Å². The topological polar surface area (TPSA) is 191 Å². The molecule has 0 radical (unpaired) electrons. The van der Waals surface area contributed by atoms with Crippen molar-refractivity contribution in [3.05, 3.63) is 23.0 Å². The largest absolute Gasteiger partial charge is 0.477 e. The zero-order valence-electron chi connectivity index (χ0n) is 17.2. The van der Waals surface area contributed by atoms with Crippen LogP contribution in [0.25, 0.3) is 0 Å². The van der Waals surface area contributed by atoms with Crippen LogP contribution in [0.2, 0.25) is 0 Å². The van der Waals surface area contributed by atoms with E-state index in [9.17, 15) is 19.5 Å². The molecule has 14 nitrogen and oxygen atoms in total. The summed E-state index contributed by atoms with van der Waals surface area (Å²) in [4.78, 5) is 43.5. The molecule has 2 aromatic rings. The van der Waals surface area contributed by atoms with Crippen molar-refractivity contribution in [2.75, 3.05) is 24.3 Å². The Morgan fingerprint density at radius 2 is 2.27 bits per heavy atom. The number of rotatable bonds is 8. The van der Waals surface area contributed by atoms with Crippen LogP contribution in [0.5, 0.6) is 0 Å². The second-order valence-electron chi connectivity index (χ2n) is 6.73. The van der Waals surface area contributed by atoms with E-state index in [1.54, 1.807) is 7.05 Å². The fourth-order valence-corrected chi connectivity index (χ4v) is 6.04. The van der Waals surface area contributed by atoms with Crippen molar-refractivity contribution in [3.63, 3.8) is 0 Å². The van der Waals surface area contributed by atoms with E-state index in [1.165, 1.54) is 46.3 Å². The van der Waals surface area contributed by atoms with Gasteiger partial charge in [-0.15, -0.1) is 16.9 Å². The maximum Gasteiger partial charge on any atom is 0.352 e. The van der Waals surface area contributed by atoms with Gasteiger partial charge in [0.1, 0.15) is 34.9 Å². The number of nitrogens with two attached hydrogens (primary N) is 1. The Bertz CT molecular complexity index is 1180. The van der Waals surface area contributed by atoms with Crippen LogP contribution in [0.3, 0.4) is 0 Å². The lowest BCUT2D eigenvalue weighted by atomic mass is 10.0. The van der Waals surface area contributed by atoms with Gasteiger partial charge in [0.25, 0.3) is 11.8 Å². The first-order valence-electron chi connectivity index (χ1n) is 9.21. The number of carbonyl (C=O) groups excluding carboxylic acids is 2. The summed E-state index contributed by atoms with van der Waals surface area (Å²) in [5.74, 6) is -1.77. The Labute approximate surface area is 198 Å². The van der Waals surface area contributed by atoms with E-state index in [4.69, 9.17) is 10.6 Å². The van der Waals surface area contributed by atoms with E-state index < -0.39 is 29.2 Å². The quantitative estimate of drug-likeness (QED) is 0.172. The molecule has 1 fully saturated rings. The average Bonchev–Trinajstić information content (AvgIpc) is 3.40. The van der Waals surface area contributed by atoms with Gasteiger partial charge in [0.15, 0.2) is 5.71 Å². The standard InChI is InChI=1S/C16H17N9O5S3/c1-24-16(19-22-23-24)32-5-6-4-31-14-10(13(27)25(14)11(6)15(28)29)18-12(26)9(20-30-2)7-3-8(17)33-21-7/h3,10,14H,4-5,17H2,1-2H3,(H,18,26)(H,28,29)/b20-9-/t10-,14-/m1/s1. The number of aromatic nitrogens is 5. The number of anilines is 1. The number of aryl methyl sites for hydroxylation is 1. The van der Waals surface area contributed by atoms with Gasteiger partial charge in [-0.25, -0.2) is 9.48 Å². The molecule has 4 N–H and O–H groups in total. The molecular formula is C16H17N9O5S3. The van der Waals surface area contributed by atoms with Crippen molar-refractivity contribution in [1.82, 2.24) is 34.8 Å². The smallest absolute Gasteiger partial charge is 0.352 e. The Morgan fingerprint density at radius 1 is 1.48 bits per heavy atom. The first-order chi connectivity index (χ1) is 15.8. The average molecular weight is 512 g/mol. The lowest BCUT2D eigenvalue weighted by Gasteiger charge is -2.49. The van der Waals surface area contributed by atoms with E-state index in [0.29, 0.717) is 27.2 Å². The molecule has 4 rings (SSSR count). The first-order valence-corrected chi connectivity index (χ1v) is 12.0. The van der Waals surface area contributed by atoms with Crippen LogP contribution >= 0.6 is 35.1 Å². The summed E-state index contributed by atoms with van der Waals surface area (Å²) in [5, 5.41) is 27.6. The van der Waals surface area contributed by atoms with Crippen LogP contribution in [-0.2, 0) is 26.3 Å². The van der Waals surface area contributed by atoms with Gasteiger partial charge in [0, 0.05) is 24.6 Å². The third-order valence-corrected chi connectivity index (χ3v) is 7.71. The molecule has 4 heterocycles. The molecule has 2 amide bonds. The number of tetrazole rings is 1. The molecule has 0 unspecified atom stereocenters. The molecule has 1 saturated heterocycles. The molecule has 0 aliphatic carbocycles. The van der Waals surface area contributed by atoms with Crippen molar-refractivity contribution >= 4 is 63.6 Å². The highest BCUT2D eigenvalue weighted by Crippen LogP contribution is 2.41. The molecule has 2 aromatic heterocycles. The number of carbonyl (C=O) groups is 3. The lowest BCUT2D eigenvalue weighted by Crippen LogP contribution is -2.71. The van der Waals surface area contributed by atoms with Gasteiger partial charge >= 0.3 is 5.97 Å². The second kappa shape index (κ2) is 9.36. The Balaban J connectivity index is 1.49. The second-order valence-corrected chi connectivity index (χ2v) is 9.61. The minimum absolute atomic E-state index is 0.0880. The number of nitrogen functional groups attached to an aromatic ring is 1. The van der Waals surface area contributed by atoms with Crippen molar-refractivity contribution in [1.29, 1.82) is 0 Å². The number of nitrogens with one attached hydrogen (secondary N) is 1. The zero-order valence-corrected chi connectivity index (χ0v) is 19.6. The van der Waals surface area contributed by atoms with Crippen LogP contribution in [0, 0.1) is 0 Å². The number of β-lactam (4-membered cyclic amide) rings is 1. The molecule has 0 aromatic carbocycles. The van der Waals surface area contributed by atoms with Gasteiger partial charge in [-0.2, -0.15) is 4.37 Å². The van der Waals surface area contributed by atoms with Gasteiger partial charge in [-0.3, -0.25) is 14.5 Å². The van der Waals surface area contributed by atoms with Crippen molar-refractivity contribution < 1.29 is 24.3 Å². The number of thioether (sulfide) groups is 2. The first kappa shape index (κ1) is 23.0. The van der Waals surface area contributed by atoms with Crippen LogP contribution in [0.1, 0.15) is 5.69 Å². The molecule has 33 heavy (non-hydrogen) atoms. The van der Waals surface area contributed by atoms with Crippen molar-refractivity contribution in [2.45, 2.75) is 16.6 Å². The number of amides is 2. The van der Waals surface area contributed by atoms with Crippen LogP contribution in [0.4, 0.5) is 5.00 Å². The lowest BCUT2D eigenvalue weighted by molar-refractivity contribution is -0.150. The number of hydrogen-bond acceptors (Lipinski definition) is 13. The fraction of sp³-hybridized carbons (Fsp3) is 0.375. The summed E-state index contributed by atoms with van der Waals surface area (Å²) in [6.45, 7) is 0. The van der Waals surface area contributed by atoms with Crippen LogP contribution < -0.4 is 11.1 Å². The molecule has 2 aliphatic heterocycles. The summed E-state index contributed by atoms with van der Waals surface area (Å²) in [7, 11) is 2.95. The van der Waals surface area contributed by atoms with E-state index in [0.717, 1.165) is 11.5 Å². The Kier molecular flexibility index (Phi) is 6.52. The zero-order chi connectivity index (χ0) is 23.7. The number of fused-ring (bicyclic) bond motifs is 1. The number of nitrogens with zero attached hydrogens (tertiary/aromatic N) is 7. The third-order valence-electron chi connectivity index (χ3n) is 4.66. The van der Waals surface area contributed by atoms with E-state index >= 15 is 0 Å². The number of carboxylic acids is 1. The maximum atomic E-state index is 12.9. The summed E-state index contributed by atoms with van der Waals surface area (Å²) in [6, 6.07) is 0.542. The highest BCUT2D eigenvalue weighted by Gasteiger charge is 2.54. The normalized spacial score (nSPS) is 20.4. The summed E-state index contributed by atoms with van der Waals surface area (Å²) < 4.78 is 5.51. The van der Waals surface area contributed by atoms with E-state index in [-0.39, 0.29) is 17.1 Å².